The van der Waals surface area contributed by atoms with Gasteiger partial charge in [0.25, 0.3) is 0 Å². The normalized spacial score (nSPS) is 12.4. The number of ether oxygens (including phenoxy) is 1. The SMILES string of the molecule is CC(=O)c1ccc(OC2=C=C=CC=C2)cc1. The van der Waals surface area contributed by atoms with Crippen LogP contribution in [-0.4, -0.2) is 5.78 Å². The largest absolute Gasteiger partial charge is 0.448 e. The van der Waals surface area contributed by atoms with Gasteiger partial charge >= 0.3 is 0 Å². The number of hydrogen-bond donors (Lipinski definition) is 0. The first-order valence-electron chi connectivity index (χ1n) is 4.93. The zero-order valence-corrected chi connectivity index (χ0v) is 8.86. The molecule has 0 saturated carbocycles. The number of allylic oxidation sites excluding steroid dienone is 3. The van der Waals surface area contributed by atoms with Crippen molar-refractivity contribution in [3.8, 4) is 5.75 Å². The summed E-state index contributed by atoms with van der Waals surface area (Å²) in [5, 5.41) is 0. The monoisotopic (exact) mass is 210 g/mol. The second-order valence-electron chi connectivity index (χ2n) is 3.34. The van der Waals surface area contributed by atoms with Crippen LogP contribution < -0.4 is 4.74 Å². The Balaban J connectivity index is 2.17. The number of Topliss-reactive ketones (excluding diaryl/α,β-unsaturated/α-hetero) is 1. The van der Waals surface area contributed by atoms with Gasteiger partial charge in [-0.1, -0.05) is 5.73 Å². The van der Waals surface area contributed by atoms with Crippen LogP contribution in [0, 0.1) is 0 Å². The summed E-state index contributed by atoms with van der Waals surface area (Å²) in [5.41, 5.74) is 6.32. The Morgan fingerprint density at radius 2 is 2.00 bits per heavy atom. The smallest absolute Gasteiger partial charge is 0.177 e. The minimum absolute atomic E-state index is 0.0474. The molecule has 16 heavy (non-hydrogen) atoms. The summed E-state index contributed by atoms with van der Waals surface area (Å²) >= 11 is 0. The number of carbonyl (C=O) groups is 1. The molecule has 0 bridgehead atoms. The van der Waals surface area contributed by atoms with Crippen molar-refractivity contribution in [3.63, 3.8) is 0 Å². The number of ketones is 1. The van der Waals surface area contributed by atoms with Gasteiger partial charge in [0.05, 0.1) is 0 Å². The molecule has 2 rings (SSSR count). The Kier molecular flexibility index (Phi) is 2.88. The molecule has 0 N–H and O–H groups in total. The highest BCUT2D eigenvalue weighted by Gasteiger charge is 2.01. The first-order valence-corrected chi connectivity index (χ1v) is 4.93. The van der Waals surface area contributed by atoms with Crippen molar-refractivity contribution in [1.29, 1.82) is 0 Å². The number of rotatable bonds is 3. The molecule has 1 aromatic carbocycles. The first-order chi connectivity index (χ1) is 7.75. The number of benzene rings is 1. The Morgan fingerprint density at radius 1 is 1.25 bits per heavy atom. The Morgan fingerprint density at radius 3 is 2.56 bits per heavy atom. The Labute approximate surface area is 93.9 Å². The summed E-state index contributed by atoms with van der Waals surface area (Å²) in [6, 6.07) is 7.00. The summed E-state index contributed by atoms with van der Waals surface area (Å²) in [4.78, 5) is 11.1. The molecule has 2 nitrogen and oxygen atoms in total. The molecule has 2 heteroatoms. The average molecular weight is 210 g/mol. The lowest BCUT2D eigenvalue weighted by molar-refractivity contribution is 0.101. The molecule has 78 valence electrons. The third-order valence-electron chi connectivity index (χ3n) is 2.11. The van der Waals surface area contributed by atoms with Gasteiger partial charge in [-0.25, -0.2) is 0 Å². The molecule has 1 aromatic rings. The Bertz CT molecular complexity index is 535. The lowest BCUT2D eigenvalue weighted by atomic mass is 10.1. The van der Waals surface area contributed by atoms with E-state index in [0.717, 1.165) is 0 Å². The van der Waals surface area contributed by atoms with E-state index in [0.29, 0.717) is 17.1 Å². The second-order valence-corrected chi connectivity index (χ2v) is 3.34. The molecular weight excluding hydrogens is 200 g/mol. The maximum atomic E-state index is 11.1. The summed E-state index contributed by atoms with van der Waals surface area (Å²) in [6.07, 6.45) is 5.39. The molecule has 0 atom stereocenters. The predicted octanol–water partition coefficient (Wildman–Crippen LogP) is 3.03. The molecule has 0 spiro atoms. The van der Waals surface area contributed by atoms with Crippen molar-refractivity contribution >= 4 is 5.78 Å². The van der Waals surface area contributed by atoms with Crippen molar-refractivity contribution in [2.45, 2.75) is 6.92 Å². The van der Waals surface area contributed by atoms with E-state index >= 15 is 0 Å². The van der Waals surface area contributed by atoms with E-state index in [4.69, 9.17) is 4.74 Å². The summed E-state index contributed by atoms with van der Waals surface area (Å²) in [5.74, 6) is 1.34. The van der Waals surface area contributed by atoms with Gasteiger partial charge in [-0.15, -0.1) is 0 Å². The van der Waals surface area contributed by atoms with Crippen LogP contribution in [-0.2, 0) is 0 Å². The van der Waals surface area contributed by atoms with Crippen molar-refractivity contribution < 1.29 is 9.53 Å². The third-order valence-corrected chi connectivity index (χ3v) is 2.11. The average Bonchev–Trinajstić information content (AvgIpc) is 2.31. The van der Waals surface area contributed by atoms with Gasteiger partial charge in [0.15, 0.2) is 11.5 Å². The van der Waals surface area contributed by atoms with Gasteiger partial charge in [-0.2, -0.15) is 0 Å². The molecule has 0 aliphatic heterocycles. The highest BCUT2D eigenvalue weighted by Crippen LogP contribution is 2.16. The van der Waals surface area contributed by atoms with Gasteiger partial charge in [-0.3, -0.25) is 4.79 Å². The molecule has 0 radical (unpaired) electrons. The van der Waals surface area contributed by atoms with Crippen LogP contribution in [0.4, 0.5) is 0 Å². The fourth-order valence-corrected chi connectivity index (χ4v) is 1.28. The topological polar surface area (TPSA) is 26.3 Å². The zero-order chi connectivity index (χ0) is 11.4. The van der Waals surface area contributed by atoms with Crippen LogP contribution in [0.3, 0.4) is 0 Å². The highest BCUT2D eigenvalue weighted by molar-refractivity contribution is 5.94. The molecule has 0 aromatic heterocycles. The number of carbonyl (C=O) groups excluding carboxylic acids is 1. The van der Waals surface area contributed by atoms with Gasteiger partial charge in [0.1, 0.15) is 5.75 Å². The molecule has 0 amide bonds. The lowest BCUT2D eigenvalue weighted by Crippen LogP contribution is -1.94. The van der Waals surface area contributed by atoms with E-state index in [1.165, 1.54) is 6.92 Å². The fourth-order valence-electron chi connectivity index (χ4n) is 1.28. The molecule has 1 aliphatic rings. The maximum absolute atomic E-state index is 11.1. The van der Waals surface area contributed by atoms with Gasteiger partial charge in [-0.05, 0) is 55.1 Å². The fraction of sp³-hybridized carbons (Fsp3) is 0.0714. The molecule has 0 saturated heterocycles. The van der Waals surface area contributed by atoms with E-state index in [2.05, 4.69) is 11.5 Å². The van der Waals surface area contributed by atoms with E-state index in [-0.39, 0.29) is 5.78 Å². The first kappa shape index (κ1) is 10.3. The van der Waals surface area contributed by atoms with Crippen LogP contribution >= 0.6 is 0 Å². The van der Waals surface area contributed by atoms with Gasteiger partial charge < -0.3 is 4.74 Å². The van der Waals surface area contributed by atoms with E-state index in [9.17, 15) is 4.79 Å². The lowest BCUT2D eigenvalue weighted by Gasteiger charge is -2.04. The van der Waals surface area contributed by atoms with E-state index in [1.807, 2.05) is 6.08 Å². The van der Waals surface area contributed by atoms with Crippen LogP contribution in [0.5, 0.6) is 5.75 Å². The summed E-state index contributed by atoms with van der Waals surface area (Å²) < 4.78 is 5.51. The van der Waals surface area contributed by atoms with Gasteiger partial charge in [0.2, 0.25) is 0 Å². The second kappa shape index (κ2) is 4.50. The van der Waals surface area contributed by atoms with Crippen molar-refractivity contribution in [3.05, 3.63) is 65.3 Å². The van der Waals surface area contributed by atoms with Crippen LogP contribution in [0.25, 0.3) is 0 Å². The summed E-state index contributed by atoms with van der Waals surface area (Å²) in [7, 11) is 0. The van der Waals surface area contributed by atoms with E-state index < -0.39 is 0 Å². The third kappa shape index (κ3) is 2.40. The van der Waals surface area contributed by atoms with Crippen LogP contribution in [0.2, 0.25) is 0 Å². The molecule has 0 unspecified atom stereocenters. The molecule has 1 aliphatic carbocycles. The van der Waals surface area contributed by atoms with Crippen LogP contribution in [0.15, 0.2) is 59.7 Å². The number of hydrogen-bond acceptors (Lipinski definition) is 2. The highest BCUT2D eigenvalue weighted by atomic mass is 16.5. The van der Waals surface area contributed by atoms with Crippen molar-refractivity contribution in [1.82, 2.24) is 0 Å². The standard InChI is InChI=1S/C14H10O2/c1-11(15)12-7-9-14(10-8-12)16-13-5-3-2-4-6-13/h2-3,5,7-10H,1H3. The molecular formula is C14H10O2. The van der Waals surface area contributed by atoms with Crippen molar-refractivity contribution in [2.75, 3.05) is 0 Å². The van der Waals surface area contributed by atoms with Crippen molar-refractivity contribution in [2.24, 2.45) is 0 Å². The van der Waals surface area contributed by atoms with E-state index in [1.54, 1.807) is 36.4 Å². The minimum Gasteiger partial charge on any atom is -0.448 e. The molecule has 0 heterocycles. The zero-order valence-electron chi connectivity index (χ0n) is 8.86. The minimum atomic E-state index is 0.0474. The molecule has 0 fully saturated rings. The van der Waals surface area contributed by atoms with Gasteiger partial charge in [0, 0.05) is 5.56 Å². The van der Waals surface area contributed by atoms with Crippen LogP contribution in [0.1, 0.15) is 17.3 Å². The summed E-state index contributed by atoms with van der Waals surface area (Å²) in [6.45, 7) is 1.54. The Hall–Kier alpha value is -2.27. The maximum Gasteiger partial charge on any atom is 0.177 e. The quantitative estimate of drug-likeness (QED) is 0.566. The predicted molar refractivity (Wildman–Crippen MR) is 61.3 cm³/mol.